The van der Waals surface area contributed by atoms with Crippen molar-refractivity contribution in [2.24, 2.45) is 5.92 Å². The fourth-order valence-corrected chi connectivity index (χ4v) is 3.13. The number of carboxylic acid groups (broad SMARTS) is 1. The smallest absolute Gasteiger partial charge is 0.321 e. The molecule has 0 aliphatic carbocycles. The first-order chi connectivity index (χ1) is 12.5. The Kier molecular flexibility index (Phi) is 7.15. The number of hydrogen-bond acceptors (Lipinski definition) is 3. The molecular weight excluding hydrogens is 328 g/mol. The summed E-state index contributed by atoms with van der Waals surface area (Å²) in [6.07, 6.45) is 1.95. The van der Waals surface area contributed by atoms with Gasteiger partial charge in [0.1, 0.15) is 6.61 Å². The maximum absolute atomic E-state index is 12.4. The molecule has 0 saturated carbocycles. The molecule has 0 radical (unpaired) electrons. The molecule has 0 bridgehead atoms. The van der Waals surface area contributed by atoms with Crippen molar-refractivity contribution in [2.75, 3.05) is 6.61 Å². The molecule has 4 nitrogen and oxygen atoms in total. The lowest BCUT2D eigenvalue weighted by Gasteiger charge is -2.26. The molecule has 1 N–H and O–H groups in total. The second kappa shape index (κ2) is 9.56. The van der Waals surface area contributed by atoms with E-state index in [1.807, 2.05) is 67.6 Å². The van der Waals surface area contributed by atoms with Crippen LogP contribution in [0.4, 0.5) is 0 Å². The van der Waals surface area contributed by atoms with E-state index in [4.69, 9.17) is 4.74 Å². The number of ether oxygens (including phenoxy) is 1. The number of carbonyl (C=O) groups excluding carboxylic acids is 1. The number of aliphatic carboxylic acids is 1. The Labute approximate surface area is 154 Å². The van der Waals surface area contributed by atoms with Gasteiger partial charge >= 0.3 is 11.9 Å². The highest BCUT2D eigenvalue weighted by Gasteiger charge is 2.38. The predicted molar refractivity (Wildman–Crippen MR) is 101 cm³/mol. The molecular formula is C22H24O4. The standard InChI is InChI=1S/C22H24O4/c1-3-14-26-22(25)20(21(23)24)19(18-12-8-5-9-13-18)15-16(2)17-10-6-4-7-11-17/h3-13,16,19-20H,1,14-15H2,2H3,(H,23,24). The largest absolute Gasteiger partial charge is 0.481 e. The molecule has 0 fully saturated rings. The summed E-state index contributed by atoms with van der Waals surface area (Å²) in [5, 5.41) is 9.73. The van der Waals surface area contributed by atoms with Gasteiger partial charge in [0.05, 0.1) is 0 Å². The van der Waals surface area contributed by atoms with Crippen LogP contribution in [0, 0.1) is 5.92 Å². The Morgan fingerprint density at radius 1 is 1.04 bits per heavy atom. The Hall–Kier alpha value is -2.88. The maximum Gasteiger partial charge on any atom is 0.321 e. The van der Waals surface area contributed by atoms with Crippen molar-refractivity contribution in [1.29, 1.82) is 0 Å². The Bertz CT molecular complexity index is 724. The second-order valence-corrected chi connectivity index (χ2v) is 6.30. The lowest BCUT2D eigenvalue weighted by Crippen LogP contribution is -2.32. The maximum atomic E-state index is 12.4. The summed E-state index contributed by atoms with van der Waals surface area (Å²) in [5.74, 6) is -3.56. The fourth-order valence-electron chi connectivity index (χ4n) is 3.13. The van der Waals surface area contributed by atoms with Crippen molar-refractivity contribution < 1.29 is 19.4 Å². The molecule has 2 rings (SSSR count). The van der Waals surface area contributed by atoms with Crippen LogP contribution in [-0.4, -0.2) is 23.7 Å². The van der Waals surface area contributed by atoms with E-state index in [1.54, 1.807) is 0 Å². The van der Waals surface area contributed by atoms with Crippen molar-refractivity contribution in [3.05, 3.63) is 84.4 Å². The van der Waals surface area contributed by atoms with Crippen molar-refractivity contribution in [1.82, 2.24) is 0 Å². The summed E-state index contributed by atoms with van der Waals surface area (Å²) in [4.78, 5) is 24.3. The highest BCUT2D eigenvalue weighted by Crippen LogP contribution is 2.36. The van der Waals surface area contributed by atoms with Gasteiger partial charge in [0, 0.05) is 5.92 Å². The molecule has 0 spiro atoms. The Morgan fingerprint density at radius 2 is 1.58 bits per heavy atom. The van der Waals surface area contributed by atoms with Crippen LogP contribution in [0.1, 0.15) is 36.3 Å². The molecule has 0 aliphatic heterocycles. The van der Waals surface area contributed by atoms with Crippen LogP contribution < -0.4 is 0 Å². The van der Waals surface area contributed by atoms with Gasteiger partial charge in [0.25, 0.3) is 0 Å². The minimum Gasteiger partial charge on any atom is -0.481 e. The van der Waals surface area contributed by atoms with Gasteiger partial charge in [-0.3, -0.25) is 9.59 Å². The molecule has 0 amide bonds. The summed E-state index contributed by atoms with van der Waals surface area (Å²) in [5.41, 5.74) is 1.93. The van der Waals surface area contributed by atoms with E-state index in [9.17, 15) is 14.7 Å². The summed E-state index contributed by atoms with van der Waals surface area (Å²) in [6, 6.07) is 19.2. The first kappa shape index (κ1) is 19.4. The second-order valence-electron chi connectivity index (χ2n) is 6.30. The van der Waals surface area contributed by atoms with Crippen LogP contribution in [0.25, 0.3) is 0 Å². The minimum atomic E-state index is -1.26. The third kappa shape index (κ3) is 5.06. The third-order valence-electron chi connectivity index (χ3n) is 4.47. The number of carboxylic acids is 1. The monoisotopic (exact) mass is 352 g/mol. The van der Waals surface area contributed by atoms with E-state index in [2.05, 4.69) is 6.58 Å². The Balaban J connectivity index is 2.34. The first-order valence-electron chi connectivity index (χ1n) is 8.64. The summed E-state index contributed by atoms with van der Waals surface area (Å²) >= 11 is 0. The van der Waals surface area contributed by atoms with E-state index >= 15 is 0 Å². The highest BCUT2D eigenvalue weighted by atomic mass is 16.5. The van der Waals surface area contributed by atoms with Crippen LogP contribution >= 0.6 is 0 Å². The molecule has 0 aliphatic rings. The van der Waals surface area contributed by atoms with Crippen LogP contribution in [0.15, 0.2) is 73.3 Å². The van der Waals surface area contributed by atoms with E-state index < -0.39 is 23.8 Å². The predicted octanol–water partition coefficient (Wildman–Crippen LogP) is 4.39. The SMILES string of the molecule is C=CCOC(=O)C(C(=O)O)C(CC(C)c1ccccc1)c1ccccc1. The molecule has 0 saturated heterocycles. The molecule has 3 atom stereocenters. The molecule has 0 heterocycles. The highest BCUT2D eigenvalue weighted by molar-refractivity contribution is 5.95. The number of carbonyl (C=O) groups is 2. The molecule has 2 aromatic carbocycles. The average Bonchev–Trinajstić information content (AvgIpc) is 2.66. The molecule has 0 aromatic heterocycles. The first-order valence-corrected chi connectivity index (χ1v) is 8.64. The summed E-state index contributed by atoms with van der Waals surface area (Å²) in [6.45, 7) is 5.54. The van der Waals surface area contributed by atoms with Gasteiger partial charge in [-0.2, -0.15) is 0 Å². The summed E-state index contributed by atoms with van der Waals surface area (Å²) in [7, 11) is 0. The van der Waals surface area contributed by atoms with Gasteiger partial charge in [-0.15, -0.1) is 0 Å². The number of rotatable bonds is 9. The van der Waals surface area contributed by atoms with E-state index in [0.29, 0.717) is 6.42 Å². The number of benzene rings is 2. The van der Waals surface area contributed by atoms with Crippen LogP contribution in [0.5, 0.6) is 0 Å². The topological polar surface area (TPSA) is 63.6 Å². The lowest BCUT2D eigenvalue weighted by atomic mass is 9.78. The molecule has 3 unspecified atom stereocenters. The van der Waals surface area contributed by atoms with Gasteiger partial charge in [0.2, 0.25) is 0 Å². The molecule has 4 heteroatoms. The zero-order chi connectivity index (χ0) is 18.9. The van der Waals surface area contributed by atoms with Gasteiger partial charge in [-0.25, -0.2) is 0 Å². The minimum absolute atomic E-state index is 0.00163. The van der Waals surface area contributed by atoms with E-state index in [0.717, 1.165) is 11.1 Å². The lowest BCUT2D eigenvalue weighted by molar-refractivity contribution is -0.159. The number of esters is 1. The molecule has 136 valence electrons. The van der Waals surface area contributed by atoms with Crippen molar-refractivity contribution >= 4 is 11.9 Å². The zero-order valence-corrected chi connectivity index (χ0v) is 14.9. The van der Waals surface area contributed by atoms with Gasteiger partial charge in [-0.1, -0.05) is 80.2 Å². The van der Waals surface area contributed by atoms with Gasteiger partial charge in [-0.05, 0) is 23.5 Å². The summed E-state index contributed by atoms with van der Waals surface area (Å²) < 4.78 is 5.07. The third-order valence-corrected chi connectivity index (χ3v) is 4.47. The van der Waals surface area contributed by atoms with Crippen LogP contribution in [0.3, 0.4) is 0 Å². The number of hydrogen-bond donors (Lipinski definition) is 1. The zero-order valence-electron chi connectivity index (χ0n) is 14.9. The van der Waals surface area contributed by atoms with Crippen LogP contribution in [-0.2, 0) is 14.3 Å². The quantitative estimate of drug-likeness (QED) is 0.413. The van der Waals surface area contributed by atoms with Crippen LogP contribution in [0.2, 0.25) is 0 Å². The van der Waals surface area contributed by atoms with Gasteiger partial charge in [0.15, 0.2) is 5.92 Å². The average molecular weight is 352 g/mol. The van der Waals surface area contributed by atoms with E-state index in [1.165, 1.54) is 6.08 Å². The Morgan fingerprint density at radius 3 is 2.08 bits per heavy atom. The molecule has 26 heavy (non-hydrogen) atoms. The fraction of sp³-hybridized carbons (Fsp3) is 0.273. The normalized spacial score (nSPS) is 14.0. The van der Waals surface area contributed by atoms with Crippen molar-refractivity contribution in [3.8, 4) is 0 Å². The van der Waals surface area contributed by atoms with Gasteiger partial charge < -0.3 is 9.84 Å². The van der Waals surface area contributed by atoms with Crippen molar-refractivity contribution in [2.45, 2.75) is 25.2 Å². The van der Waals surface area contributed by atoms with E-state index in [-0.39, 0.29) is 12.5 Å². The molecule has 2 aromatic rings. The van der Waals surface area contributed by atoms with Crippen molar-refractivity contribution in [3.63, 3.8) is 0 Å².